The minimum absolute atomic E-state index is 0.176. The zero-order valence-electron chi connectivity index (χ0n) is 9.99. The Morgan fingerprint density at radius 1 is 1.44 bits per heavy atom. The maximum Gasteiger partial charge on any atom is 0.127 e. The normalized spacial score (nSPS) is 12.7. The number of nitrogens with two attached hydrogens (primary N) is 1. The average molecular weight is 285 g/mol. The molecule has 0 aliphatic rings. The van der Waals surface area contributed by atoms with E-state index in [0.29, 0.717) is 23.4 Å². The Balaban J connectivity index is 2.05. The highest BCUT2D eigenvalue weighted by atomic mass is 35.5. The van der Waals surface area contributed by atoms with E-state index in [1.165, 1.54) is 6.07 Å². The van der Waals surface area contributed by atoms with Crippen LogP contribution in [0.25, 0.3) is 0 Å². The molecule has 2 aromatic rings. The highest BCUT2D eigenvalue weighted by molar-refractivity contribution is 7.09. The van der Waals surface area contributed by atoms with Gasteiger partial charge in [-0.3, -0.25) is 0 Å². The van der Waals surface area contributed by atoms with E-state index in [-0.39, 0.29) is 11.9 Å². The topological polar surface area (TPSA) is 38.9 Å². The van der Waals surface area contributed by atoms with Gasteiger partial charge in [0.05, 0.1) is 5.01 Å². The van der Waals surface area contributed by atoms with Crippen molar-refractivity contribution in [1.29, 1.82) is 0 Å². The quantitative estimate of drug-likeness (QED) is 0.935. The number of nitrogens with zero attached hydrogens (tertiary/aromatic N) is 1. The van der Waals surface area contributed by atoms with E-state index in [0.717, 1.165) is 10.7 Å². The fourth-order valence-corrected chi connectivity index (χ4v) is 2.89. The van der Waals surface area contributed by atoms with Gasteiger partial charge < -0.3 is 5.73 Å². The van der Waals surface area contributed by atoms with E-state index < -0.39 is 0 Å². The highest BCUT2D eigenvalue weighted by Crippen LogP contribution is 2.21. The lowest BCUT2D eigenvalue weighted by atomic mass is 10.0. The second kappa shape index (κ2) is 5.78. The van der Waals surface area contributed by atoms with Crippen molar-refractivity contribution in [3.05, 3.63) is 50.7 Å². The molecule has 5 heteroatoms. The Bertz CT molecular complexity index is 521. The van der Waals surface area contributed by atoms with Gasteiger partial charge in [0.2, 0.25) is 0 Å². The number of rotatable bonds is 4. The van der Waals surface area contributed by atoms with Gasteiger partial charge in [0.15, 0.2) is 0 Å². The summed E-state index contributed by atoms with van der Waals surface area (Å²) in [6.07, 6.45) is 1.06. The minimum atomic E-state index is -0.298. The van der Waals surface area contributed by atoms with Gasteiger partial charge in [-0.1, -0.05) is 17.7 Å². The predicted octanol–water partition coefficient (Wildman–Crippen LogP) is 3.36. The van der Waals surface area contributed by atoms with Crippen LogP contribution in [0, 0.1) is 12.7 Å². The van der Waals surface area contributed by atoms with Crippen LogP contribution in [0.1, 0.15) is 16.3 Å². The number of hydrogen-bond acceptors (Lipinski definition) is 3. The molecule has 2 N–H and O–H groups in total. The van der Waals surface area contributed by atoms with Gasteiger partial charge in [-0.05, 0) is 25.5 Å². The summed E-state index contributed by atoms with van der Waals surface area (Å²) in [6.45, 7) is 1.94. The summed E-state index contributed by atoms with van der Waals surface area (Å²) >= 11 is 7.55. The van der Waals surface area contributed by atoms with Crippen molar-refractivity contribution >= 4 is 22.9 Å². The Hall–Kier alpha value is -0.970. The maximum atomic E-state index is 13.6. The van der Waals surface area contributed by atoms with Gasteiger partial charge in [-0.15, -0.1) is 11.3 Å². The van der Waals surface area contributed by atoms with Crippen LogP contribution in [0.2, 0.25) is 5.02 Å². The van der Waals surface area contributed by atoms with Crippen molar-refractivity contribution in [3.8, 4) is 0 Å². The molecule has 1 unspecified atom stereocenters. The fourth-order valence-electron chi connectivity index (χ4n) is 1.78. The summed E-state index contributed by atoms with van der Waals surface area (Å²) < 4.78 is 13.6. The van der Waals surface area contributed by atoms with Gasteiger partial charge in [-0.2, -0.15) is 0 Å². The molecule has 0 spiro atoms. The number of benzene rings is 1. The summed E-state index contributed by atoms with van der Waals surface area (Å²) in [5.41, 5.74) is 7.50. The molecule has 0 amide bonds. The lowest BCUT2D eigenvalue weighted by Gasteiger charge is -2.12. The second-order valence-electron chi connectivity index (χ2n) is 4.25. The minimum Gasteiger partial charge on any atom is -0.327 e. The van der Waals surface area contributed by atoms with E-state index in [2.05, 4.69) is 4.98 Å². The monoisotopic (exact) mass is 284 g/mol. The van der Waals surface area contributed by atoms with Crippen LogP contribution >= 0.6 is 22.9 Å². The number of aromatic nitrogens is 1. The lowest BCUT2D eigenvalue weighted by molar-refractivity contribution is 0.583. The predicted molar refractivity (Wildman–Crippen MR) is 73.6 cm³/mol. The van der Waals surface area contributed by atoms with Crippen LogP contribution in [0.15, 0.2) is 23.6 Å². The highest BCUT2D eigenvalue weighted by Gasteiger charge is 2.13. The molecule has 0 aliphatic heterocycles. The first-order chi connectivity index (χ1) is 8.56. The summed E-state index contributed by atoms with van der Waals surface area (Å²) in [6, 6.07) is 4.50. The SMILES string of the molecule is Cc1csc(CC(N)Cc2c(F)cccc2Cl)n1. The van der Waals surface area contributed by atoms with Gasteiger partial charge >= 0.3 is 0 Å². The Morgan fingerprint density at radius 3 is 2.83 bits per heavy atom. The summed E-state index contributed by atoms with van der Waals surface area (Å²) in [4.78, 5) is 4.35. The summed E-state index contributed by atoms with van der Waals surface area (Å²) in [5.74, 6) is -0.298. The van der Waals surface area contributed by atoms with Crippen molar-refractivity contribution < 1.29 is 4.39 Å². The first-order valence-corrected chi connectivity index (χ1v) is 6.91. The standard InChI is InChI=1S/C13H14ClFN2S/c1-8-7-18-13(17-8)6-9(16)5-10-11(14)3-2-4-12(10)15/h2-4,7,9H,5-6,16H2,1H3. The van der Waals surface area contributed by atoms with E-state index in [1.54, 1.807) is 23.5 Å². The van der Waals surface area contributed by atoms with Crippen molar-refractivity contribution in [3.63, 3.8) is 0 Å². The third-order valence-electron chi connectivity index (χ3n) is 2.63. The van der Waals surface area contributed by atoms with Crippen molar-refractivity contribution in [2.75, 3.05) is 0 Å². The van der Waals surface area contributed by atoms with Crippen LogP contribution in [0.3, 0.4) is 0 Å². The number of aryl methyl sites for hydroxylation is 1. The van der Waals surface area contributed by atoms with E-state index in [4.69, 9.17) is 17.3 Å². The molecule has 0 saturated heterocycles. The summed E-state index contributed by atoms with van der Waals surface area (Å²) in [5, 5.41) is 3.39. The zero-order chi connectivity index (χ0) is 13.1. The summed E-state index contributed by atoms with van der Waals surface area (Å²) in [7, 11) is 0. The Kier molecular flexibility index (Phi) is 4.32. The molecule has 1 aromatic carbocycles. The van der Waals surface area contributed by atoms with Gasteiger partial charge in [0.1, 0.15) is 5.82 Å². The van der Waals surface area contributed by atoms with Crippen molar-refractivity contribution in [1.82, 2.24) is 4.98 Å². The third kappa shape index (κ3) is 3.28. The van der Waals surface area contributed by atoms with E-state index >= 15 is 0 Å². The maximum absolute atomic E-state index is 13.6. The molecule has 1 heterocycles. The average Bonchev–Trinajstić information content (AvgIpc) is 2.69. The van der Waals surface area contributed by atoms with Crippen LogP contribution in [0.4, 0.5) is 4.39 Å². The van der Waals surface area contributed by atoms with Crippen molar-refractivity contribution in [2.45, 2.75) is 25.8 Å². The molecule has 0 aliphatic carbocycles. The molecule has 0 bridgehead atoms. The molecule has 1 atom stereocenters. The molecule has 0 radical (unpaired) electrons. The zero-order valence-corrected chi connectivity index (χ0v) is 11.6. The smallest absolute Gasteiger partial charge is 0.127 e. The lowest BCUT2D eigenvalue weighted by Crippen LogP contribution is -2.26. The fraction of sp³-hybridized carbons (Fsp3) is 0.308. The first kappa shape index (κ1) is 13.5. The van der Waals surface area contributed by atoms with Crippen molar-refractivity contribution in [2.24, 2.45) is 5.73 Å². The Morgan fingerprint density at radius 2 is 2.22 bits per heavy atom. The van der Waals surface area contributed by atoms with Gasteiger partial charge in [0.25, 0.3) is 0 Å². The molecule has 18 heavy (non-hydrogen) atoms. The van der Waals surface area contributed by atoms with Gasteiger partial charge in [0, 0.05) is 34.1 Å². The Labute approximate surface area is 115 Å². The molecule has 0 fully saturated rings. The largest absolute Gasteiger partial charge is 0.327 e. The number of thiazole rings is 1. The van der Waals surface area contributed by atoms with E-state index in [1.807, 2.05) is 12.3 Å². The number of halogens is 2. The van der Waals surface area contributed by atoms with Crippen LogP contribution in [-0.4, -0.2) is 11.0 Å². The van der Waals surface area contributed by atoms with E-state index in [9.17, 15) is 4.39 Å². The molecule has 2 nitrogen and oxygen atoms in total. The third-order valence-corrected chi connectivity index (χ3v) is 3.97. The molecule has 1 aromatic heterocycles. The van der Waals surface area contributed by atoms with Crippen LogP contribution in [-0.2, 0) is 12.8 Å². The molecule has 2 rings (SSSR count). The second-order valence-corrected chi connectivity index (χ2v) is 5.60. The number of hydrogen-bond donors (Lipinski definition) is 1. The first-order valence-electron chi connectivity index (χ1n) is 5.65. The van der Waals surface area contributed by atoms with Gasteiger partial charge in [-0.25, -0.2) is 9.37 Å². The molecule has 96 valence electrons. The molecular weight excluding hydrogens is 271 g/mol. The molecule has 0 saturated carbocycles. The van der Waals surface area contributed by atoms with Crippen LogP contribution in [0.5, 0.6) is 0 Å². The molecular formula is C13H14ClFN2S. The van der Waals surface area contributed by atoms with Crippen LogP contribution < -0.4 is 5.73 Å².